The average molecular weight is 248 g/mol. The summed E-state index contributed by atoms with van der Waals surface area (Å²) in [5.41, 5.74) is 1.79. The van der Waals surface area contributed by atoms with Crippen molar-refractivity contribution in [2.24, 2.45) is 0 Å². The van der Waals surface area contributed by atoms with Gasteiger partial charge < -0.3 is 10.1 Å². The summed E-state index contributed by atoms with van der Waals surface area (Å²) in [6.07, 6.45) is 2.06. The van der Waals surface area contributed by atoms with Gasteiger partial charge in [-0.1, -0.05) is 12.1 Å². The molecule has 1 rings (SSSR count). The monoisotopic (exact) mass is 248 g/mol. The van der Waals surface area contributed by atoms with Gasteiger partial charge >= 0.3 is 0 Å². The topological polar surface area (TPSA) is 51.2 Å². The van der Waals surface area contributed by atoms with Crippen LogP contribution in [0.25, 0.3) is 0 Å². The molecule has 1 aromatic rings. The highest BCUT2D eigenvalue weighted by Crippen LogP contribution is 1.99. The van der Waals surface area contributed by atoms with Gasteiger partial charge in [0.25, 0.3) is 0 Å². The number of nitrogens with zero attached hydrogens (tertiary/aromatic N) is 1. The molecule has 4 nitrogen and oxygen atoms in total. The van der Waals surface area contributed by atoms with Crippen molar-refractivity contribution in [3.8, 4) is 0 Å². The molecule has 4 heteroatoms. The molecule has 0 aliphatic heterocycles. The fraction of sp³-hybridized carbons (Fsp3) is 0.429. The molecule has 0 aliphatic carbocycles. The second kappa shape index (κ2) is 7.61. The Morgan fingerprint density at radius 1 is 1.61 bits per heavy atom. The first-order valence-corrected chi connectivity index (χ1v) is 6.06. The first-order chi connectivity index (χ1) is 8.63. The van der Waals surface area contributed by atoms with E-state index in [9.17, 15) is 4.79 Å². The minimum atomic E-state index is -0.449. The van der Waals surface area contributed by atoms with Crippen LogP contribution in [0.15, 0.2) is 30.9 Å². The molecule has 98 valence electrons. The Kier molecular flexibility index (Phi) is 6.08. The summed E-state index contributed by atoms with van der Waals surface area (Å²) < 4.78 is 5.35. The van der Waals surface area contributed by atoms with Crippen molar-refractivity contribution in [1.29, 1.82) is 0 Å². The third kappa shape index (κ3) is 5.10. The molecule has 1 aromatic heterocycles. The minimum absolute atomic E-state index is 0.123. The van der Waals surface area contributed by atoms with Gasteiger partial charge in [-0.3, -0.25) is 9.78 Å². The van der Waals surface area contributed by atoms with Gasteiger partial charge in [0.15, 0.2) is 0 Å². The number of rotatable bonds is 7. The molecule has 0 fully saturated rings. The number of ether oxygens (including phenoxy) is 1. The van der Waals surface area contributed by atoms with Crippen LogP contribution in [0.2, 0.25) is 0 Å². The van der Waals surface area contributed by atoms with Crippen LogP contribution in [0.3, 0.4) is 0 Å². The summed E-state index contributed by atoms with van der Waals surface area (Å²) in [5, 5.41) is 2.80. The fourth-order valence-electron chi connectivity index (χ4n) is 1.42. The maximum absolute atomic E-state index is 11.7. The molecule has 0 aromatic carbocycles. The quantitative estimate of drug-likeness (QED) is 0.593. The normalized spacial score (nSPS) is 11.9. The number of amides is 1. The molecule has 1 atom stereocenters. The Balaban J connectivity index is 2.34. The highest BCUT2D eigenvalue weighted by atomic mass is 16.5. The van der Waals surface area contributed by atoms with E-state index in [1.807, 2.05) is 25.1 Å². The van der Waals surface area contributed by atoms with Crippen molar-refractivity contribution >= 4 is 5.91 Å². The molecule has 0 radical (unpaired) electrons. The van der Waals surface area contributed by atoms with E-state index in [1.165, 1.54) is 0 Å². The highest BCUT2D eigenvalue weighted by Gasteiger charge is 2.12. The molecule has 0 saturated heterocycles. The zero-order chi connectivity index (χ0) is 13.4. The predicted octanol–water partition coefficient (Wildman–Crippen LogP) is 1.99. The molecule has 1 amide bonds. The Morgan fingerprint density at radius 2 is 2.39 bits per heavy atom. The molecule has 18 heavy (non-hydrogen) atoms. The van der Waals surface area contributed by atoms with Crippen molar-refractivity contribution in [3.05, 3.63) is 42.2 Å². The molecule has 0 saturated carbocycles. The third-order valence-corrected chi connectivity index (χ3v) is 2.45. The largest absolute Gasteiger partial charge is 0.368 e. The van der Waals surface area contributed by atoms with Crippen LogP contribution in [0, 0.1) is 6.92 Å². The Bertz CT molecular complexity index is 405. The van der Waals surface area contributed by atoms with E-state index in [4.69, 9.17) is 4.74 Å². The van der Waals surface area contributed by atoms with Gasteiger partial charge in [0, 0.05) is 5.69 Å². The minimum Gasteiger partial charge on any atom is -0.368 e. The van der Waals surface area contributed by atoms with E-state index < -0.39 is 6.10 Å². The van der Waals surface area contributed by atoms with E-state index >= 15 is 0 Å². The molecular weight excluding hydrogens is 228 g/mol. The maximum atomic E-state index is 11.7. The molecule has 0 bridgehead atoms. The van der Waals surface area contributed by atoms with Crippen molar-refractivity contribution in [3.63, 3.8) is 0 Å². The zero-order valence-corrected chi connectivity index (χ0v) is 11.0. The number of nitrogens with one attached hydrogen (secondary N) is 1. The molecule has 0 spiro atoms. The second-order valence-corrected chi connectivity index (χ2v) is 4.08. The van der Waals surface area contributed by atoms with E-state index in [0.29, 0.717) is 13.2 Å². The number of aromatic nitrogens is 1. The smallest absolute Gasteiger partial charge is 0.249 e. The number of carbonyl (C=O) groups excluding carboxylic acids is 1. The lowest BCUT2D eigenvalue weighted by Crippen LogP contribution is -2.34. The summed E-state index contributed by atoms with van der Waals surface area (Å²) in [4.78, 5) is 16.0. The summed E-state index contributed by atoms with van der Waals surface area (Å²) >= 11 is 0. The van der Waals surface area contributed by atoms with Crippen molar-refractivity contribution < 1.29 is 9.53 Å². The maximum Gasteiger partial charge on any atom is 0.249 e. The SMILES string of the molecule is C=CCCOC(C)C(=O)NCc1cccc(C)n1. The van der Waals surface area contributed by atoms with Crippen LogP contribution < -0.4 is 5.32 Å². The second-order valence-electron chi connectivity index (χ2n) is 4.08. The number of hydrogen-bond acceptors (Lipinski definition) is 3. The van der Waals surface area contributed by atoms with E-state index in [1.54, 1.807) is 13.0 Å². The van der Waals surface area contributed by atoms with Crippen molar-refractivity contribution in [2.45, 2.75) is 32.9 Å². The van der Waals surface area contributed by atoms with Gasteiger partial charge in [0.1, 0.15) is 6.10 Å². The molecule has 1 unspecified atom stereocenters. The summed E-state index contributed by atoms with van der Waals surface area (Å²) in [6, 6.07) is 5.73. The van der Waals surface area contributed by atoms with E-state index in [-0.39, 0.29) is 5.91 Å². The Labute approximate surface area is 108 Å². The van der Waals surface area contributed by atoms with Gasteiger partial charge in [-0.05, 0) is 32.4 Å². The first kappa shape index (κ1) is 14.4. The lowest BCUT2D eigenvalue weighted by molar-refractivity contribution is -0.131. The number of carbonyl (C=O) groups is 1. The van der Waals surface area contributed by atoms with Crippen LogP contribution >= 0.6 is 0 Å². The molecule has 1 heterocycles. The van der Waals surface area contributed by atoms with Crippen molar-refractivity contribution in [1.82, 2.24) is 10.3 Å². The lowest BCUT2D eigenvalue weighted by Gasteiger charge is -2.12. The molecule has 0 aliphatic rings. The summed E-state index contributed by atoms with van der Waals surface area (Å²) in [6.45, 7) is 8.20. The first-order valence-electron chi connectivity index (χ1n) is 6.06. The van der Waals surface area contributed by atoms with Crippen LogP contribution in [0.4, 0.5) is 0 Å². The number of hydrogen-bond donors (Lipinski definition) is 1. The zero-order valence-electron chi connectivity index (χ0n) is 11.0. The van der Waals surface area contributed by atoms with Crippen LogP contribution in [-0.2, 0) is 16.1 Å². The van der Waals surface area contributed by atoms with Gasteiger partial charge in [-0.2, -0.15) is 0 Å². The fourth-order valence-corrected chi connectivity index (χ4v) is 1.42. The van der Waals surface area contributed by atoms with Crippen LogP contribution in [0.1, 0.15) is 24.7 Å². The summed E-state index contributed by atoms with van der Waals surface area (Å²) in [5.74, 6) is -0.123. The molecular formula is C14H20N2O2. The van der Waals surface area contributed by atoms with E-state index in [0.717, 1.165) is 17.8 Å². The van der Waals surface area contributed by atoms with Gasteiger partial charge in [-0.15, -0.1) is 6.58 Å². The highest BCUT2D eigenvalue weighted by molar-refractivity contribution is 5.80. The number of aryl methyl sites for hydroxylation is 1. The van der Waals surface area contributed by atoms with Crippen LogP contribution in [0.5, 0.6) is 0 Å². The lowest BCUT2D eigenvalue weighted by atomic mass is 10.3. The van der Waals surface area contributed by atoms with Crippen LogP contribution in [-0.4, -0.2) is 23.6 Å². The predicted molar refractivity (Wildman–Crippen MR) is 71.0 cm³/mol. The standard InChI is InChI=1S/C14H20N2O2/c1-4-5-9-18-12(3)14(17)15-10-13-8-6-7-11(2)16-13/h4,6-8,12H,1,5,9-10H2,2-3H3,(H,15,17). The van der Waals surface area contributed by atoms with Gasteiger partial charge in [0.2, 0.25) is 5.91 Å². The third-order valence-electron chi connectivity index (χ3n) is 2.45. The number of pyridine rings is 1. The van der Waals surface area contributed by atoms with Crippen molar-refractivity contribution in [2.75, 3.05) is 6.61 Å². The Hall–Kier alpha value is -1.68. The summed E-state index contributed by atoms with van der Waals surface area (Å²) in [7, 11) is 0. The van der Waals surface area contributed by atoms with E-state index in [2.05, 4.69) is 16.9 Å². The Morgan fingerprint density at radius 3 is 3.06 bits per heavy atom. The van der Waals surface area contributed by atoms with Gasteiger partial charge in [0.05, 0.1) is 18.8 Å². The molecule has 1 N–H and O–H groups in total. The average Bonchev–Trinajstić information content (AvgIpc) is 2.36. The van der Waals surface area contributed by atoms with Gasteiger partial charge in [-0.25, -0.2) is 0 Å².